The van der Waals surface area contributed by atoms with Crippen LogP contribution < -0.4 is 9.62 Å². The molecular formula is C16H15BrN2O3S. The molecule has 1 aliphatic heterocycles. The molecule has 0 saturated heterocycles. The molecule has 23 heavy (non-hydrogen) atoms. The third-order valence-electron chi connectivity index (χ3n) is 3.70. The van der Waals surface area contributed by atoms with Gasteiger partial charge in [0, 0.05) is 22.3 Å². The minimum absolute atomic E-state index is 0.235. The number of carbonyl (C=O) groups excluding carboxylic acids is 1. The first-order valence-corrected chi connectivity index (χ1v) is 9.66. The molecule has 7 heteroatoms. The summed E-state index contributed by atoms with van der Waals surface area (Å²) in [5.41, 5.74) is 2.72. The fourth-order valence-electron chi connectivity index (χ4n) is 2.58. The normalized spacial score (nSPS) is 13.7. The summed E-state index contributed by atoms with van der Waals surface area (Å²) in [6.45, 7) is 0.443. The molecule has 1 heterocycles. The minimum atomic E-state index is -3.30. The van der Waals surface area contributed by atoms with Crippen molar-refractivity contribution in [3.63, 3.8) is 0 Å². The Morgan fingerprint density at radius 1 is 1.17 bits per heavy atom. The molecule has 0 unspecified atom stereocenters. The quantitative estimate of drug-likeness (QED) is 0.869. The highest BCUT2D eigenvalue weighted by atomic mass is 79.9. The van der Waals surface area contributed by atoms with Crippen molar-refractivity contribution in [2.75, 3.05) is 22.4 Å². The topological polar surface area (TPSA) is 66.5 Å². The first kappa shape index (κ1) is 16.0. The zero-order chi connectivity index (χ0) is 16.6. The maximum atomic E-state index is 12.2. The highest BCUT2D eigenvalue weighted by molar-refractivity contribution is 9.10. The number of halogens is 1. The van der Waals surface area contributed by atoms with Gasteiger partial charge >= 0.3 is 0 Å². The van der Waals surface area contributed by atoms with Crippen LogP contribution in [0.25, 0.3) is 0 Å². The minimum Gasteiger partial charge on any atom is -0.322 e. The lowest BCUT2D eigenvalue weighted by Crippen LogP contribution is -2.27. The molecule has 1 N–H and O–H groups in total. The predicted molar refractivity (Wildman–Crippen MR) is 94.4 cm³/mol. The van der Waals surface area contributed by atoms with E-state index in [1.165, 1.54) is 10.6 Å². The van der Waals surface area contributed by atoms with E-state index in [2.05, 4.69) is 21.2 Å². The van der Waals surface area contributed by atoms with Crippen LogP contribution in [0, 0.1) is 0 Å². The van der Waals surface area contributed by atoms with Gasteiger partial charge in [0.2, 0.25) is 10.0 Å². The van der Waals surface area contributed by atoms with Gasteiger partial charge in [-0.15, -0.1) is 0 Å². The van der Waals surface area contributed by atoms with Crippen molar-refractivity contribution < 1.29 is 13.2 Å². The van der Waals surface area contributed by atoms with Crippen LogP contribution >= 0.6 is 15.9 Å². The lowest BCUT2D eigenvalue weighted by Gasteiger charge is -2.17. The molecule has 0 radical (unpaired) electrons. The van der Waals surface area contributed by atoms with Crippen LogP contribution in [0.4, 0.5) is 11.4 Å². The average Bonchev–Trinajstić information content (AvgIpc) is 2.91. The van der Waals surface area contributed by atoms with Gasteiger partial charge < -0.3 is 5.32 Å². The third kappa shape index (κ3) is 3.40. The van der Waals surface area contributed by atoms with E-state index in [0.29, 0.717) is 29.9 Å². The van der Waals surface area contributed by atoms with Gasteiger partial charge in [-0.1, -0.05) is 22.0 Å². The Balaban J connectivity index is 1.85. The fourth-order valence-corrected chi connectivity index (χ4v) is 3.79. The van der Waals surface area contributed by atoms with Crippen molar-refractivity contribution in [3.05, 3.63) is 58.1 Å². The monoisotopic (exact) mass is 394 g/mol. The SMILES string of the molecule is CS(=O)(=O)N1CCc2ccc(NC(=O)c3ccc(Br)cc3)cc21. The van der Waals surface area contributed by atoms with E-state index in [1.807, 2.05) is 6.07 Å². The van der Waals surface area contributed by atoms with Crippen molar-refractivity contribution >= 4 is 43.2 Å². The summed E-state index contributed by atoms with van der Waals surface area (Å²) in [4.78, 5) is 12.2. The summed E-state index contributed by atoms with van der Waals surface area (Å²) in [5.74, 6) is -0.235. The maximum absolute atomic E-state index is 12.2. The Hall–Kier alpha value is -1.86. The molecule has 5 nitrogen and oxygen atoms in total. The highest BCUT2D eigenvalue weighted by Crippen LogP contribution is 2.32. The van der Waals surface area contributed by atoms with Gasteiger partial charge in [0.25, 0.3) is 5.91 Å². The van der Waals surface area contributed by atoms with Crippen molar-refractivity contribution in [3.8, 4) is 0 Å². The molecule has 120 valence electrons. The van der Waals surface area contributed by atoms with Gasteiger partial charge in [0.15, 0.2) is 0 Å². The van der Waals surface area contributed by atoms with Gasteiger partial charge in [-0.05, 0) is 48.4 Å². The molecule has 0 fully saturated rings. The number of rotatable bonds is 3. The summed E-state index contributed by atoms with van der Waals surface area (Å²) < 4.78 is 25.9. The predicted octanol–water partition coefficient (Wildman–Crippen LogP) is 3.02. The molecule has 1 amide bonds. The molecule has 0 aromatic heterocycles. The molecule has 2 aromatic carbocycles. The lowest BCUT2D eigenvalue weighted by molar-refractivity contribution is 0.102. The number of benzene rings is 2. The van der Waals surface area contributed by atoms with Crippen LogP contribution in [0.5, 0.6) is 0 Å². The Morgan fingerprint density at radius 2 is 1.87 bits per heavy atom. The average molecular weight is 395 g/mol. The van der Waals surface area contributed by atoms with Crippen molar-refractivity contribution in [1.29, 1.82) is 0 Å². The largest absolute Gasteiger partial charge is 0.322 e. The second kappa shape index (κ2) is 5.98. The molecule has 0 saturated carbocycles. The summed E-state index contributed by atoms with van der Waals surface area (Å²) in [7, 11) is -3.30. The molecule has 0 bridgehead atoms. The van der Waals surface area contributed by atoms with Crippen LogP contribution in [0.2, 0.25) is 0 Å². The number of amides is 1. The molecule has 1 aliphatic rings. The van der Waals surface area contributed by atoms with E-state index in [-0.39, 0.29) is 5.91 Å². The van der Waals surface area contributed by atoms with E-state index in [4.69, 9.17) is 0 Å². The summed E-state index contributed by atoms with van der Waals surface area (Å²) in [5, 5.41) is 2.80. The first-order valence-electron chi connectivity index (χ1n) is 7.02. The van der Waals surface area contributed by atoms with E-state index in [0.717, 1.165) is 10.0 Å². The van der Waals surface area contributed by atoms with Crippen molar-refractivity contribution in [2.45, 2.75) is 6.42 Å². The smallest absolute Gasteiger partial charge is 0.255 e. The number of fused-ring (bicyclic) bond motifs is 1. The van der Waals surface area contributed by atoms with Crippen LogP contribution in [0.3, 0.4) is 0 Å². The van der Waals surface area contributed by atoms with Gasteiger partial charge in [-0.2, -0.15) is 0 Å². The lowest BCUT2D eigenvalue weighted by atomic mass is 10.1. The number of carbonyl (C=O) groups is 1. The molecular weight excluding hydrogens is 380 g/mol. The summed E-state index contributed by atoms with van der Waals surface area (Å²) >= 11 is 3.33. The van der Waals surface area contributed by atoms with E-state index in [9.17, 15) is 13.2 Å². The molecule has 3 rings (SSSR count). The second-order valence-corrected chi connectivity index (χ2v) is 8.21. The number of hydrogen-bond acceptors (Lipinski definition) is 3. The van der Waals surface area contributed by atoms with Crippen LogP contribution in [0.15, 0.2) is 46.9 Å². The van der Waals surface area contributed by atoms with Gasteiger partial charge in [0.1, 0.15) is 0 Å². The number of sulfonamides is 1. The zero-order valence-corrected chi connectivity index (χ0v) is 14.8. The number of nitrogens with zero attached hydrogens (tertiary/aromatic N) is 1. The Labute approximate surface area is 143 Å². The Kier molecular flexibility index (Phi) is 4.16. The van der Waals surface area contributed by atoms with E-state index in [1.54, 1.807) is 36.4 Å². The number of anilines is 2. The standard InChI is InChI=1S/C16H15BrN2O3S/c1-23(21,22)19-9-8-11-4-7-14(10-15(11)19)18-16(20)12-2-5-13(17)6-3-12/h2-7,10H,8-9H2,1H3,(H,18,20). The van der Waals surface area contributed by atoms with Crippen LogP contribution in [-0.4, -0.2) is 27.1 Å². The van der Waals surface area contributed by atoms with Gasteiger partial charge in [0.05, 0.1) is 11.9 Å². The third-order valence-corrected chi connectivity index (χ3v) is 5.41. The Bertz CT molecular complexity index is 863. The molecule has 0 aliphatic carbocycles. The highest BCUT2D eigenvalue weighted by Gasteiger charge is 2.26. The van der Waals surface area contributed by atoms with Crippen molar-refractivity contribution in [1.82, 2.24) is 0 Å². The van der Waals surface area contributed by atoms with Crippen molar-refractivity contribution in [2.24, 2.45) is 0 Å². The number of nitrogens with one attached hydrogen (secondary N) is 1. The first-order chi connectivity index (χ1) is 10.8. The number of hydrogen-bond donors (Lipinski definition) is 1. The fraction of sp³-hybridized carbons (Fsp3) is 0.188. The summed E-state index contributed by atoms with van der Waals surface area (Å²) in [6.07, 6.45) is 1.87. The molecule has 0 atom stereocenters. The molecule has 0 spiro atoms. The van der Waals surface area contributed by atoms with Crippen LogP contribution in [-0.2, 0) is 16.4 Å². The van der Waals surface area contributed by atoms with Crippen LogP contribution in [0.1, 0.15) is 15.9 Å². The zero-order valence-electron chi connectivity index (χ0n) is 12.4. The molecule has 2 aromatic rings. The summed E-state index contributed by atoms with van der Waals surface area (Å²) in [6, 6.07) is 12.4. The second-order valence-electron chi connectivity index (χ2n) is 5.39. The van der Waals surface area contributed by atoms with Gasteiger partial charge in [-0.25, -0.2) is 8.42 Å². The van der Waals surface area contributed by atoms with E-state index >= 15 is 0 Å². The van der Waals surface area contributed by atoms with E-state index < -0.39 is 10.0 Å². The Morgan fingerprint density at radius 3 is 2.52 bits per heavy atom. The maximum Gasteiger partial charge on any atom is 0.255 e. The van der Waals surface area contributed by atoms with Gasteiger partial charge in [-0.3, -0.25) is 9.10 Å².